The van der Waals surface area contributed by atoms with Crippen LogP contribution >= 0.6 is 24.0 Å². The fourth-order valence-corrected chi connectivity index (χ4v) is 2.75. The molecule has 2 heterocycles. The van der Waals surface area contributed by atoms with E-state index in [0.717, 1.165) is 29.4 Å². The Bertz CT molecular complexity index is 928. The van der Waals surface area contributed by atoms with E-state index in [1.807, 2.05) is 47.0 Å². The van der Waals surface area contributed by atoms with Crippen LogP contribution in [0.15, 0.2) is 47.6 Å². The minimum absolute atomic E-state index is 0. The van der Waals surface area contributed by atoms with Crippen molar-refractivity contribution in [1.82, 2.24) is 25.2 Å². The summed E-state index contributed by atoms with van der Waals surface area (Å²) < 4.78 is 12.6. The SMILES string of the molecule is CN=C(NCCc1nnc2ccccn12)NCc1ccc(OC)c(OC)c1.I. The number of benzene rings is 1. The van der Waals surface area contributed by atoms with Crippen LogP contribution in [-0.2, 0) is 13.0 Å². The number of aromatic nitrogens is 3. The molecule has 0 bridgehead atoms. The average Bonchev–Trinajstić information content (AvgIpc) is 3.13. The summed E-state index contributed by atoms with van der Waals surface area (Å²) in [6, 6.07) is 11.7. The molecule has 0 saturated heterocycles. The van der Waals surface area contributed by atoms with Crippen molar-refractivity contribution in [2.75, 3.05) is 27.8 Å². The molecule has 9 heteroatoms. The van der Waals surface area contributed by atoms with Crippen molar-refractivity contribution < 1.29 is 9.47 Å². The third-order valence-electron chi connectivity index (χ3n) is 4.16. The van der Waals surface area contributed by atoms with Crippen molar-refractivity contribution >= 4 is 35.6 Å². The Balaban J connectivity index is 0.00000280. The van der Waals surface area contributed by atoms with E-state index < -0.39 is 0 Å². The number of hydrogen-bond donors (Lipinski definition) is 2. The smallest absolute Gasteiger partial charge is 0.191 e. The van der Waals surface area contributed by atoms with Gasteiger partial charge in [-0.15, -0.1) is 34.2 Å². The molecule has 0 saturated carbocycles. The van der Waals surface area contributed by atoms with Gasteiger partial charge in [0.05, 0.1) is 14.2 Å². The van der Waals surface area contributed by atoms with Gasteiger partial charge in [-0.1, -0.05) is 12.1 Å². The van der Waals surface area contributed by atoms with Gasteiger partial charge in [0.1, 0.15) is 5.82 Å². The molecule has 3 rings (SSSR count). The Morgan fingerprint density at radius 3 is 2.64 bits per heavy atom. The van der Waals surface area contributed by atoms with Gasteiger partial charge in [0.25, 0.3) is 0 Å². The monoisotopic (exact) mass is 496 g/mol. The molecule has 0 aliphatic carbocycles. The molecule has 150 valence electrons. The van der Waals surface area contributed by atoms with Gasteiger partial charge in [0.15, 0.2) is 23.1 Å². The van der Waals surface area contributed by atoms with Gasteiger partial charge in [0.2, 0.25) is 0 Å². The van der Waals surface area contributed by atoms with Gasteiger partial charge in [-0.25, -0.2) is 0 Å². The second-order valence-corrected chi connectivity index (χ2v) is 5.84. The number of guanidine groups is 1. The Labute approximate surface area is 181 Å². The van der Waals surface area contributed by atoms with E-state index in [9.17, 15) is 0 Å². The largest absolute Gasteiger partial charge is 0.493 e. The quantitative estimate of drug-likeness (QED) is 0.297. The average molecular weight is 496 g/mol. The molecule has 1 aromatic carbocycles. The minimum atomic E-state index is 0. The molecule has 0 unspecified atom stereocenters. The molecular formula is C19H25IN6O2. The second kappa shape index (κ2) is 10.7. The highest BCUT2D eigenvalue weighted by Gasteiger charge is 2.07. The van der Waals surface area contributed by atoms with E-state index in [1.165, 1.54) is 0 Å². The van der Waals surface area contributed by atoms with E-state index in [2.05, 4.69) is 25.8 Å². The highest BCUT2D eigenvalue weighted by Crippen LogP contribution is 2.27. The van der Waals surface area contributed by atoms with Crippen LogP contribution in [-0.4, -0.2) is 48.4 Å². The van der Waals surface area contributed by atoms with Gasteiger partial charge in [-0.2, -0.15) is 0 Å². The number of nitrogens with zero attached hydrogens (tertiary/aromatic N) is 4. The van der Waals surface area contributed by atoms with Crippen molar-refractivity contribution in [1.29, 1.82) is 0 Å². The molecule has 2 aromatic heterocycles. The lowest BCUT2D eigenvalue weighted by Gasteiger charge is -2.13. The van der Waals surface area contributed by atoms with E-state index in [1.54, 1.807) is 21.3 Å². The molecule has 28 heavy (non-hydrogen) atoms. The van der Waals surface area contributed by atoms with Gasteiger partial charge < -0.3 is 20.1 Å². The van der Waals surface area contributed by atoms with Crippen LogP contribution in [0.25, 0.3) is 5.65 Å². The van der Waals surface area contributed by atoms with Gasteiger partial charge >= 0.3 is 0 Å². The van der Waals surface area contributed by atoms with Gasteiger partial charge in [-0.05, 0) is 29.8 Å². The molecule has 0 amide bonds. The van der Waals surface area contributed by atoms with E-state index >= 15 is 0 Å². The zero-order valence-electron chi connectivity index (χ0n) is 16.2. The maximum Gasteiger partial charge on any atom is 0.191 e. The fraction of sp³-hybridized carbons (Fsp3) is 0.316. The number of methoxy groups -OCH3 is 2. The Morgan fingerprint density at radius 2 is 1.89 bits per heavy atom. The zero-order valence-corrected chi connectivity index (χ0v) is 18.5. The predicted molar refractivity (Wildman–Crippen MR) is 120 cm³/mol. The molecular weight excluding hydrogens is 471 g/mol. The van der Waals surface area contributed by atoms with Crippen LogP contribution < -0.4 is 20.1 Å². The van der Waals surface area contributed by atoms with Crippen LogP contribution in [0.1, 0.15) is 11.4 Å². The summed E-state index contributed by atoms with van der Waals surface area (Å²) >= 11 is 0. The Hall–Kier alpha value is -2.56. The number of nitrogens with one attached hydrogen (secondary N) is 2. The van der Waals surface area contributed by atoms with Gasteiger partial charge in [-0.3, -0.25) is 9.39 Å². The highest BCUT2D eigenvalue weighted by molar-refractivity contribution is 14.0. The number of fused-ring (bicyclic) bond motifs is 1. The second-order valence-electron chi connectivity index (χ2n) is 5.84. The third kappa shape index (κ3) is 5.24. The zero-order chi connectivity index (χ0) is 19.1. The predicted octanol–water partition coefficient (Wildman–Crippen LogP) is 2.27. The standard InChI is InChI=1S/C19H24N6O2.HI/c1-20-19(22-13-14-7-8-15(26-2)16(12-14)27-3)21-10-9-18-24-23-17-6-4-5-11-25(17)18;/h4-8,11-12H,9-10,13H2,1-3H3,(H2,20,21,22);1H. The molecule has 0 fully saturated rings. The number of pyridine rings is 1. The first-order valence-electron chi connectivity index (χ1n) is 8.69. The summed E-state index contributed by atoms with van der Waals surface area (Å²) in [4.78, 5) is 4.26. The first-order valence-corrected chi connectivity index (χ1v) is 8.69. The number of hydrogen-bond acceptors (Lipinski definition) is 5. The summed E-state index contributed by atoms with van der Waals surface area (Å²) in [5.74, 6) is 3.05. The molecule has 0 aliphatic rings. The number of rotatable bonds is 7. The number of ether oxygens (including phenoxy) is 2. The lowest BCUT2D eigenvalue weighted by molar-refractivity contribution is 0.354. The van der Waals surface area contributed by atoms with Crippen LogP contribution in [0, 0.1) is 0 Å². The van der Waals surface area contributed by atoms with Crippen molar-refractivity contribution in [2.24, 2.45) is 4.99 Å². The van der Waals surface area contributed by atoms with Crippen molar-refractivity contribution in [2.45, 2.75) is 13.0 Å². The topological polar surface area (TPSA) is 85.1 Å². The maximum absolute atomic E-state index is 5.34. The molecule has 8 nitrogen and oxygen atoms in total. The number of aliphatic imine (C=N–C) groups is 1. The molecule has 0 radical (unpaired) electrons. The molecule has 0 atom stereocenters. The highest BCUT2D eigenvalue weighted by atomic mass is 127. The third-order valence-corrected chi connectivity index (χ3v) is 4.16. The van der Waals surface area contributed by atoms with E-state index in [-0.39, 0.29) is 24.0 Å². The first kappa shape index (κ1) is 21.7. The Kier molecular flexibility index (Phi) is 8.30. The minimum Gasteiger partial charge on any atom is -0.493 e. The van der Waals surface area contributed by atoms with Crippen LogP contribution in [0.4, 0.5) is 0 Å². The van der Waals surface area contributed by atoms with E-state index in [4.69, 9.17) is 9.47 Å². The lowest BCUT2D eigenvalue weighted by Crippen LogP contribution is -2.38. The number of halogens is 1. The lowest BCUT2D eigenvalue weighted by atomic mass is 10.2. The summed E-state index contributed by atoms with van der Waals surface area (Å²) in [6.45, 7) is 1.31. The molecule has 0 aliphatic heterocycles. The fourth-order valence-electron chi connectivity index (χ4n) is 2.75. The Morgan fingerprint density at radius 1 is 1.07 bits per heavy atom. The van der Waals surface area contributed by atoms with Crippen LogP contribution in [0.5, 0.6) is 11.5 Å². The summed E-state index contributed by atoms with van der Waals surface area (Å²) in [5, 5.41) is 15.0. The molecule has 0 spiro atoms. The first-order chi connectivity index (χ1) is 13.2. The van der Waals surface area contributed by atoms with Crippen molar-refractivity contribution in [3.8, 4) is 11.5 Å². The summed E-state index contributed by atoms with van der Waals surface area (Å²) in [5.41, 5.74) is 1.92. The van der Waals surface area contributed by atoms with E-state index in [0.29, 0.717) is 24.6 Å². The van der Waals surface area contributed by atoms with Crippen molar-refractivity contribution in [3.05, 3.63) is 54.0 Å². The normalized spacial score (nSPS) is 11.0. The van der Waals surface area contributed by atoms with Crippen LogP contribution in [0.3, 0.4) is 0 Å². The van der Waals surface area contributed by atoms with Crippen LogP contribution in [0.2, 0.25) is 0 Å². The molecule has 3 aromatic rings. The maximum atomic E-state index is 5.34. The summed E-state index contributed by atoms with van der Waals surface area (Å²) in [7, 11) is 5.00. The summed E-state index contributed by atoms with van der Waals surface area (Å²) in [6.07, 6.45) is 2.71. The van der Waals surface area contributed by atoms with Gasteiger partial charge in [0, 0.05) is 32.8 Å². The molecule has 2 N–H and O–H groups in total. The van der Waals surface area contributed by atoms with Crippen molar-refractivity contribution in [3.63, 3.8) is 0 Å².